The summed E-state index contributed by atoms with van der Waals surface area (Å²) < 4.78 is 0. The van der Waals surface area contributed by atoms with E-state index in [0.29, 0.717) is 5.92 Å². The molecule has 4 heteroatoms. The van der Waals surface area contributed by atoms with Gasteiger partial charge in [0.1, 0.15) is 5.54 Å². The first-order valence-corrected chi connectivity index (χ1v) is 3.24. The van der Waals surface area contributed by atoms with Crippen LogP contribution in [0.4, 0.5) is 0 Å². The molecule has 0 aromatic heterocycles. The number of aliphatic carboxylic acids is 1. The molecular weight excluding hydrogens is 154 g/mol. The van der Waals surface area contributed by atoms with Gasteiger partial charge in [-0.2, -0.15) is 0 Å². The van der Waals surface area contributed by atoms with Crippen molar-refractivity contribution in [3.05, 3.63) is 0 Å². The molecule has 1 aliphatic carbocycles. The number of nitrogens with one attached hydrogen (secondary N) is 1. The fraction of sp³-hybridized carbons (Fsp3) is 0.833. The lowest BCUT2D eigenvalue weighted by Gasteiger charge is -2.04. The smallest absolute Gasteiger partial charge is 0.324 e. The zero-order valence-corrected chi connectivity index (χ0v) is 6.28. The Balaban J connectivity index is 0.000000500. The molecule has 0 spiro atoms. The normalized spacial score (nSPS) is 41.8. The van der Waals surface area contributed by atoms with E-state index in [4.69, 9.17) is 5.11 Å². The molecule has 2 atom stereocenters. The van der Waals surface area contributed by atoms with E-state index >= 15 is 0 Å². The lowest BCUT2D eigenvalue weighted by Crippen LogP contribution is -2.36. The second-order valence-electron chi connectivity index (χ2n) is 2.89. The molecule has 0 bridgehead atoms. The van der Waals surface area contributed by atoms with Gasteiger partial charge in [0.15, 0.2) is 0 Å². The Morgan fingerprint density at radius 1 is 1.70 bits per heavy atom. The molecule has 1 saturated carbocycles. The minimum atomic E-state index is -0.662. The molecule has 1 heterocycles. The van der Waals surface area contributed by atoms with Crippen LogP contribution in [0.3, 0.4) is 0 Å². The molecule has 58 valence electrons. The van der Waals surface area contributed by atoms with Crippen molar-refractivity contribution in [3.8, 4) is 0 Å². The summed E-state index contributed by atoms with van der Waals surface area (Å²) in [5, 5.41) is 11.7. The molecule has 0 aromatic carbocycles. The van der Waals surface area contributed by atoms with Crippen molar-refractivity contribution in [2.75, 3.05) is 6.54 Å². The first-order chi connectivity index (χ1) is 4.26. The molecule has 1 saturated heterocycles. The van der Waals surface area contributed by atoms with Crippen molar-refractivity contribution in [1.29, 1.82) is 0 Å². The van der Waals surface area contributed by atoms with Crippen LogP contribution in [0.5, 0.6) is 0 Å². The molecule has 2 N–H and O–H groups in total. The summed E-state index contributed by atoms with van der Waals surface area (Å²) in [6, 6.07) is 0. The van der Waals surface area contributed by atoms with Gasteiger partial charge in [-0.3, -0.25) is 4.79 Å². The lowest BCUT2D eigenvalue weighted by molar-refractivity contribution is -0.140. The van der Waals surface area contributed by atoms with Crippen molar-refractivity contribution in [2.45, 2.75) is 18.4 Å². The van der Waals surface area contributed by atoms with Gasteiger partial charge < -0.3 is 10.4 Å². The Bertz CT molecular complexity index is 173. The highest BCUT2D eigenvalue weighted by Gasteiger charge is 2.62. The zero-order chi connectivity index (χ0) is 6.48. The maximum atomic E-state index is 10.5. The minimum absolute atomic E-state index is 0. The van der Waals surface area contributed by atoms with Gasteiger partial charge in [-0.1, -0.05) is 0 Å². The number of fused-ring (bicyclic) bond motifs is 1. The maximum Gasteiger partial charge on any atom is 0.324 e. The molecule has 2 aliphatic rings. The van der Waals surface area contributed by atoms with Gasteiger partial charge in [0, 0.05) is 0 Å². The van der Waals surface area contributed by atoms with Crippen LogP contribution in [0.25, 0.3) is 0 Å². The quantitative estimate of drug-likeness (QED) is 0.583. The Morgan fingerprint density at radius 2 is 2.40 bits per heavy atom. The lowest BCUT2D eigenvalue weighted by atomic mass is 10.2. The monoisotopic (exact) mass is 163 g/mol. The first kappa shape index (κ1) is 7.82. The number of hydrogen-bond acceptors (Lipinski definition) is 2. The van der Waals surface area contributed by atoms with Gasteiger partial charge in [0.25, 0.3) is 0 Å². The van der Waals surface area contributed by atoms with E-state index in [9.17, 15) is 4.79 Å². The topological polar surface area (TPSA) is 49.3 Å². The van der Waals surface area contributed by atoms with Crippen LogP contribution < -0.4 is 5.32 Å². The molecule has 0 radical (unpaired) electrons. The van der Waals surface area contributed by atoms with Gasteiger partial charge in [-0.25, -0.2) is 0 Å². The van der Waals surface area contributed by atoms with Gasteiger partial charge >= 0.3 is 5.97 Å². The summed E-state index contributed by atoms with van der Waals surface area (Å²) in [7, 11) is 0. The summed E-state index contributed by atoms with van der Waals surface area (Å²) >= 11 is 0. The van der Waals surface area contributed by atoms with Crippen LogP contribution in [0, 0.1) is 5.92 Å². The van der Waals surface area contributed by atoms with Gasteiger partial charge in [0.05, 0.1) is 0 Å². The van der Waals surface area contributed by atoms with Crippen LogP contribution >= 0.6 is 12.4 Å². The summed E-state index contributed by atoms with van der Waals surface area (Å²) in [5.74, 6) is -0.222. The molecule has 2 rings (SSSR count). The van der Waals surface area contributed by atoms with Crippen molar-refractivity contribution in [1.82, 2.24) is 5.32 Å². The maximum absolute atomic E-state index is 10.5. The standard InChI is InChI=1S/C6H9NO2.ClH/c8-5(9)6-3-4(6)1-2-7-6;/h4,7H,1-3H2,(H,8,9);1H/t4?,6-;/m1./s1. The van der Waals surface area contributed by atoms with E-state index in [0.717, 1.165) is 19.4 Å². The molecule has 3 nitrogen and oxygen atoms in total. The second kappa shape index (κ2) is 2.10. The Morgan fingerprint density at radius 3 is 2.60 bits per heavy atom. The highest BCUT2D eigenvalue weighted by Crippen LogP contribution is 2.49. The average molecular weight is 164 g/mol. The summed E-state index contributed by atoms with van der Waals surface area (Å²) in [4.78, 5) is 10.5. The average Bonchev–Trinajstić information content (AvgIpc) is 2.38. The molecular formula is C6H10ClNO2. The van der Waals surface area contributed by atoms with Crippen molar-refractivity contribution >= 4 is 18.4 Å². The van der Waals surface area contributed by atoms with Crippen molar-refractivity contribution in [2.24, 2.45) is 5.92 Å². The molecule has 1 unspecified atom stereocenters. The predicted molar refractivity (Wildman–Crippen MR) is 38.3 cm³/mol. The van der Waals surface area contributed by atoms with E-state index in [-0.39, 0.29) is 12.4 Å². The van der Waals surface area contributed by atoms with E-state index in [2.05, 4.69) is 5.32 Å². The Hall–Kier alpha value is -0.280. The Kier molecular flexibility index (Phi) is 1.65. The molecule has 0 amide bonds. The van der Waals surface area contributed by atoms with Crippen LogP contribution in [0.1, 0.15) is 12.8 Å². The fourth-order valence-corrected chi connectivity index (χ4v) is 1.70. The molecule has 2 fully saturated rings. The van der Waals surface area contributed by atoms with E-state index in [1.54, 1.807) is 0 Å². The number of carbonyl (C=O) groups is 1. The number of carboxylic acids is 1. The van der Waals surface area contributed by atoms with Crippen LogP contribution in [0.15, 0.2) is 0 Å². The zero-order valence-electron chi connectivity index (χ0n) is 5.46. The van der Waals surface area contributed by atoms with E-state index in [1.807, 2.05) is 0 Å². The van der Waals surface area contributed by atoms with Crippen molar-refractivity contribution in [3.63, 3.8) is 0 Å². The molecule has 1 aliphatic heterocycles. The minimum Gasteiger partial charge on any atom is -0.480 e. The number of halogens is 1. The van der Waals surface area contributed by atoms with Crippen LogP contribution in [-0.2, 0) is 4.79 Å². The molecule has 0 aromatic rings. The van der Waals surface area contributed by atoms with E-state index < -0.39 is 11.5 Å². The molecule has 10 heavy (non-hydrogen) atoms. The van der Waals surface area contributed by atoms with Crippen LogP contribution in [-0.4, -0.2) is 23.2 Å². The fourth-order valence-electron chi connectivity index (χ4n) is 1.70. The van der Waals surface area contributed by atoms with Crippen molar-refractivity contribution < 1.29 is 9.90 Å². The first-order valence-electron chi connectivity index (χ1n) is 3.24. The highest BCUT2D eigenvalue weighted by molar-refractivity contribution is 5.85. The highest BCUT2D eigenvalue weighted by atomic mass is 35.5. The van der Waals surface area contributed by atoms with Gasteiger partial charge in [-0.15, -0.1) is 12.4 Å². The third-order valence-corrected chi connectivity index (χ3v) is 2.42. The summed E-state index contributed by atoms with van der Waals surface area (Å²) in [6.07, 6.45) is 1.90. The SMILES string of the molecule is Cl.O=C(O)[C@@]12CC1CCN2. The van der Waals surface area contributed by atoms with E-state index in [1.165, 1.54) is 0 Å². The third kappa shape index (κ3) is 0.739. The van der Waals surface area contributed by atoms with Gasteiger partial charge in [0.2, 0.25) is 0 Å². The Labute approximate surface area is 65.2 Å². The number of piperidine rings is 1. The predicted octanol–water partition coefficient (Wildman–Crippen LogP) is 0.245. The number of hydrogen-bond donors (Lipinski definition) is 2. The number of rotatable bonds is 1. The largest absolute Gasteiger partial charge is 0.480 e. The number of carboxylic acid groups (broad SMARTS) is 1. The van der Waals surface area contributed by atoms with Gasteiger partial charge in [-0.05, 0) is 25.3 Å². The third-order valence-electron chi connectivity index (χ3n) is 2.42. The second-order valence-corrected chi connectivity index (χ2v) is 2.89. The summed E-state index contributed by atoms with van der Waals surface area (Å²) in [5.41, 5.74) is -0.472. The summed E-state index contributed by atoms with van der Waals surface area (Å²) in [6.45, 7) is 0.886. The van der Waals surface area contributed by atoms with Crippen LogP contribution in [0.2, 0.25) is 0 Å².